The van der Waals surface area contributed by atoms with Crippen LogP contribution >= 0.6 is 11.3 Å². The molecule has 1 atom stereocenters. The number of carbonyl (C=O) groups is 1. The van der Waals surface area contributed by atoms with Crippen LogP contribution in [0.4, 0.5) is 0 Å². The van der Waals surface area contributed by atoms with Crippen molar-refractivity contribution in [2.24, 2.45) is 5.14 Å². The lowest BCUT2D eigenvalue weighted by atomic mass is 10.1. The van der Waals surface area contributed by atoms with Gasteiger partial charge >= 0.3 is 0 Å². The van der Waals surface area contributed by atoms with Gasteiger partial charge in [-0.05, 0) is 60.5 Å². The molecule has 9 heteroatoms. The van der Waals surface area contributed by atoms with Gasteiger partial charge in [-0.2, -0.15) is 0 Å². The largest absolute Gasteiger partial charge is 0.486 e. The lowest BCUT2D eigenvalue weighted by Crippen LogP contribution is -2.29. The molecule has 0 saturated heterocycles. The van der Waals surface area contributed by atoms with Gasteiger partial charge < -0.3 is 14.4 Å². The lowest BCUT2D eigenvalue weighted by molar-refractivity contribution is 0.0747. The number of primary sulfonamides is 1. The molecule has 3 aromatic rings. The smallest absolute Gasteiger partial charge is 0.264 e. The van der Waals surface area contributed by atoms with Crippen LogP contribution in [-0.4, -0.2) is 39.5 Å². The molecule has 4 rings (SSSR count). The number of nitrogens with two attached hydrogens (primary N) is 1. The van der Waals surface area contributed by atoms with Crippen LogP contribution in [0.3, 0.4) is 0 Å². The highest BCUT2D eigenvalue weighted by Crippen LogP contribution is 2.37. The van der Waals surface area contributed by atoms with Crippen molar-refractivity contribution in [3.05, 3.63) is 65.0 Å². The number of carbonyl (C=O) groups excluding carboxylic acids is 1. The van der Waals surface area contributed by atoms with Gasteiger partial charge in [-0.25, -0.2) is 13.6 Å². The maximum absolute atomic E-state index is 13.1. The fourth-order valence-corrected chi connectivity index (χ4v) is 4.88. The van der Waals surface area contributed by atoms with E-state index in [1.54, 1.807) is 30.1 Å². The van der Waals surface area contributed by atoms with Crippen LogP contribution in [0.15, 0.2) is 59.5 Å². The number of ether oxygens (including phenoxy) is 2. The van der Waals surface area contributed by atoms with Gasteiger partial charge in [-0.3, -0.25) is 4.79 Å². The molecule has 0 aliphatic carbocycles. The molecule has 7 nitrogen and oxygen atoms in total. The van der Waals surface area contributed by atoms with Crippen molar-refractivity contribution in [3.8, 4) is 21.9 Å². The van der Waals surface area contributed by atoms with Gasteiger partial charge in [0.1, 0.15) is 13.2 Å². The molecule has 162 valence electrons. The first-order valence-electron chi connectivity index (χ1n) is 9.64. The van der Waals surface area contributed by atoms with E-state index in [0.717, 1.165) is 16.2 Å². The van der Waals surface area contributed by atoms with Crippen LogP contribution in [0.5, 0.6) is 11.5 Å². The maximum atomic E-state index is 13.1. The van der Waals surface area contributed by atoms with Gasteiger partial charge in [0.2, 0.25) is 10.0 Å². The summed E-state index contributed by atoms with van der Waals surface area (Å²) in [6.45, 7) is 2.89. The van der Waals surface area contributed by atoms with Gasteiger partial charge in [0.05, 0.1) is 15.8 Å². The molecule has 1 amide bonds. The Kier molecular flexibility index (Phi) is 5.74. The van der Waals surface area contributed by atoms with Crippen molar-refractivity contribution < 1.29 is 22.7 Å². The molecule has 2 heterocycles. The standard InChI is InChI=1S/C22H22N2O5S2/c1-14(15-4-3-5-17(12-15)31(23,26)27)24(2)22(25)21-9-8-20(30-21)16-6-7-18-19(13-16)29-11-10-28-18/h3-9,12-14H,10-11H2,1-2H3,(H2,23,26,27). The van der Waals surface area contributed by atoms with E-state index in [9.17, 15) is 13.2 Å². The van der Waals surface area contributed by atoms with Gasteiger partial charge in [0, 0.05) is 11.9 Å². The predicted octanol–water partition coefficient (Wildman–Crippen LogP) is 3.67. The predicted molar refractivity (Wildman–Crippen MR) is 119 cm³/mol. The fourth-order valence-electron chi connectivity index (χ4n) is 3.33. The molecule has 0 fully saturated rings. The average molecular weight is 459 g/mol. The molecule has 2 N–H and O–H groups in total. The fraction of sp³-hybridized carbons (Fsp3) is 0.227. The Labute approximate surface area is 185 Å². The number of rotatable bonds is 5. The zero-order valence-corrected chi connectivity index (χ0v) is 18.7. The molecule has 1 aromatic heterocycles. The van der Waals surface area contributed by atoms with Crippen molar-refractivity contribution in [2.75, 3.05) is 20.3 Å². The van der Waals surface area contributed by atoms with E-state index in [1.165, 1.54) is 23.5 Å². The molecular formula is C22H22N2O5S2. The van der Waals surface area contributed by atoms with E-state index < -0.39 is 10.0 Å². The second-order valence-electron chi connectivity index (χ2n) is 7.23. The van der Waals surface area contributed by atoms with Crippen LogP contribution in [0.25, 0.3) is 10.4 Å². The summed E-state index contributed by atoms with van der Waals surface area (Å²) in [4.78, 5) is 16.2. The molecule has 31 heavy (non-hydrogen) atoms. The highest BCUT2D eigenvalue weighted by molar-refractivity contribution is 7.89. The summed E-state index contributed by atoms with van der Waals surface area (Å²) >= 11 is 1.39. The third kappa shape index (κ3) is 4.43. The SMILES string of the molecule is CC(c1cccc(S(N)(=O)=O)c1)N(C)C(=O)c1ccc(-c2ccc3c(c2)OCCO3)s1. The summed E-state index contributed by atoms with van der Waals surface area (Å²) in [5, 5.41) is 5.23. The van der Waals surface area contributed by atoms with Crippen LogP contribution < -0.4 is 14.6 Å². The summed E-state index contributed by atoms with van der Waals surface area (Å²) < 4.78 is 34.5. The molecule has 0 bridgehead atoms. The Balaban J connectivity index is 1.54. The van der Waals surface area contributed by atoms with Crippen LogP contribution in [-0.2, 0) is 10.0 Å². The molecule has 0 saturated carbocycles. The summed E-state index contributed by atoms with van der Waals surface area (Å²) in [5.74, 6) is 1.27. The first-order chi connectivity index (χ1) is 14.7. The molecule has 0 radical (unpaired) electrons. The molecule has 0 spiro atoms. The topological polar surface area (TPSA) is 98.9 Å². The highest BCUT2D eigenvalue weighted by atomic mass is 32.2. The minimum Gasteiger partial charge on any atom is -0.486 e. The summed E-state index contributed by atoms with van der Waals surface area (Å²) in [6, 6.07) is 15.4. The molecular weight excluding hydrogens is 436 g/mol. The van der Waals surface area contributed by atoms with E-state index in [4.69, 9.17) is 14.6 Å². The zero-order chi connectivity index (χ0) is 22.2. The summed E-state index contributed by atoms with van der Waals surface area (Å²) in [6.07, 6.45) is 0. The quantitative estimate of drug-likeness (QED) is 0.629. The Bertz CT molecular complexity index is 1240. The normalized spacial score (nSPS) is 14.2. The Morgan fingerprint density at radius 3 is 2.55 bits per heavy atom. The van der Waals surface area contributed by atoms with E-state index in [2.05, 4.69) is 0 Å². The minimum absolute atomic E-state index is 0.0229. The second-order valence-corrected chi connectivity index (χ2v) is 9.88. The number of fused-ring (bicyclic) bond motifs is 1. The number of hydrogen-bond donors (Lipinski definition) is 1. The lowest BCUT2D eigenvalue weighted by Gasteiger charge is -2.25. The Morgan fingerprint density at radius 1 is 1.06 bits per heavy atom. The van der Waals surface area contributed by atoms with E-state index in [0.29, 0.717) is 29.4 Å². The van der Waals surface area contributed by atoms with Crippen molar-refractivity contribution in [1.82, 2.24) is 4.90 Å². The number of nitrogens with zero attached hydrogens (tertiary/aromatic N) is 1. The van der Waals surface area contributed by atoms with E-state index in [-0.39, 0.29) is 16.8 Å². The van der Waals surface area contributed by atoms with Gasteiger partial charge in [0.15, 0.2) is 11.5 Å². The number of benzene rings is 2. The summed E-state index contributed by atoms with van der Waals surface area (Å²) in [7, 11) is -2.12. The Hall–Kier alpha value is -2.88. The first kappa shape index (κ1) is 21.4. The maximum Gasteiger partial charge on any atom is 0.264 e. The summed E-state index contributed by atoms with van der Waals surface area (Å²) in [5.41, 5.74) is 1.64. The minimum atomic E-state index is -3.81. The molecule has 2 aromatic carbocycles. The van der Waals surface area contributed by atoms with Crippen molar-refractivity contribution in [3.63, 3.8) is 0 Å². The Morgan fingerprint density at radius 2 is 1.81 bits per heavy atom. The van der Waals surface area contributed by atoms with Gasteiger partial charge in [0.25, 0.3) is 5.91 Å². The highest BCUT2D eigenvalue weighted by Gasteiger charge is 2.22. The third-order valence-corrected chi connectivity index (χ3v) is 7.25. The molecule has 1 aliphatic rings. The van der Waals surface area contributed by atoms with Crippen LogP contribution in [0.1, 0.15) is 28.2 Å². The average Bonchev–Trinajstić information content (AvgIpc) is 3.27. The van der Waals surface area contributed by atoms with Gasteiger partial charge in [-0.15, -0.1) is 11.3 Å². The van der Waals surface area contributed by atoms with E-state index in [1.807, 2.05) is 31.2 Å². The van der Waals surface area contributed by atoms with Crippen molar-refractivity contribution in [1.29, 1.82) is 0 Å². The van der Waals surface area contributed by atoms with Crippen LogP contribution in [0, 0.1) is 0 Å². The second kappa shape index (κ2) is 8.33. The monoisotopic (exact) mass is 458 g/mol. The third-order valence-electron chi connectivity index (χ3n) is 5.21. The van der Waals surface area contributed by atoms with Crippen molar-refractivity contribution >= 4 is 27.3 Å². The number of sulfonamides is 1. The number of amides is 1. The zero-order valence-electron chi connectivity index (χ0n) is 17.1. The van der Waals surface area contributed by atoms with Crippen LogP contribution in [0.2, 0.25) is 0 Å². The van der Waals surface area contributed by atoms with E-state index >= 15 is 0 Å². The molecule has 1 unspecified atom stereocenters. The first-order valence-corrected chi connectivity index (χ1v) is 12.0. The molecule has 1 aliphatic heterocycles. The van der Waals surface area contributed by atoms with Crippen molar-refractivity contribution in [2.45, 2.75) is 17.9 Å². The number of hydrogen-bond acceptors (Lipinski definition) is 6. The van der Waals surface area contributed by atoms with Gasteiger partial charge in [-0.1, -0.05) is 12.1 Å². The number of thiophene rings is 1.